The highest BCUT2D eigenvalue weighted by molar-refractivity contribution is 9.09. The molecule has 0 saturated carbocycles. The number of rotatable bonds is 6. The minimum Gasteiger partial charge on any atom is -0.490 e. The Balaban J connectivity index is 2.29. The number of halogens is 2. The maximum absolute atomic E-state index is 6.40. The van der Waals surface area contributed by atoms with Crippen molar-refractivity contribution in [2.24, 2.45) is 5.92 Å². The Morgan fingerprint density at radius 1 is 1.30 bits per heavy atom. The van der Waals surface area contributed by atoms with E-state index >= 15 is 0 Å². The normalized spacial score (nSPS) is 19.9. The van der Waals surface area contributed by atoms with Gasteiger partial charge in [-0.2, -0.15) is 0 Å². The summed E-state index contributed by atoms with van der Waals surface area (Å²) in [5, 5.41) is 0.700. The number of ether oxygens (including phenoxy) is 3. The van der Waals surface area contributed by atoms with Crippen LogP contribution in [0.4, 0.5) is 0 Å². The lowest BCUT2D eigenvalue weighted by atomic mass is 9.98. The van der Waals surface area contributed by atoms with Crippen molar-refractivity contribution in [3.8, 4) is 11.5 Å². The molecule has 0 bridgehead atoms. The fourth-order valence-electron chi connectivity index (χ4n) is 2.34. The molecule has 0 aliphatic carbocycles. The van der Waals surface area contributed by atoms with Gasteiger partial charge in [0.05, 0.1) is 19.8 Å². The molecule has 5 heteroatoms. The molecule has 1 heterocycles. The van der Waals surface area contributed by atoms with Gasteiger partial charge >= 0.3 is 0 Å². The smallest absolute Gasteiger partial charge is 0.162 e. The molecule has 0 radical (unpaired) electrons. The number of hydrogen-bond acceptors (Lipinski definition) is 3. The summed E-state index contributed by atoms with van der Waals surface area (Å²) in [6.07, 6.45) is 1.05. The highest BCUT2D eigenvalue weighted by Gasteiger charge is 2.27. The standard InChI is InChI=1S/C15H20BrClO3/c1-3-19-13-7-11(12(17)8-14(13)20-4-2)15(16)10-5-6-18-9-10/h7-8,10,15H,3-6,9H2,1-2H3. The molecule has 20 heavy (non-hydrogen) atoms. The minimum atomic E-state index is 0.174. The molecule has 2 unspecified atom stereocenters. The molecule has 0 aromatic heterocycles. The summed E-state index contributed by atoms with van der Waals surface area (Å²) >= 11 is 10.2. The molecule has 0 spiro atoms. The van der Waals surface area contributed by atoms with Gasteiger partial charge in [-0.25, -0.2) is 0 Å². The first-order valence-electron chi connectivity index (χ1n) is 6.98. The zero-order valence-electron chi connectivity index (χ0n) is 11.8. The van der Waals surface area contributed by atoms with Crippen molar-refractivity contribution in [2.45, 2.75) is 25.1 Å². The van der Waals surface area contributed by atoms with E-state index in [0.29, 0.717) is 29.9 Å². The lowest BCUT2D eigenvalue weighted by molar-refractivity contribution is 0.185. The lowest BCUT2D eigenvalue weighted by Crippen LogP contribution is -2.09. The Bertz CT molecular complexity index is 447. The summed E-state index contributed by atoms with van der Waals surface area (Å²) < 4.78 is 16.7. The van der Waals surface area contributed by atoms with Gasteiger partial charge in [0.25, 0.3) is 0 Å². The quantitative estimate of drug-likeness (QED) is 0.691. The molecule has 1 fully saturated rings. The molecule has 1 saturated heterocycles. The Morgan fingerprint density at radius 3 is 2.50 bits per heavy atom. The molecule has 3 nitrogen and oxygen atoms in total. The SMILES string of the molecule is CCOc1cc(Cl)c(C(Br)C2CCOC2)cc1OCC. The minimum absolute atomic E-state index is 0.174. The third-order valence-electron chi connectivity index (χ3n) is 3.34. The van der Waals surface area contributed by atoms with Gasteiger partial charge in [-0.05, 0) is 31.9 Å². The van der Waals surface area contributed by atoms with Crippen LogP contribution in [0.3, 0.4) is 0 Å². The molecule has 1 aliphatic heterocycles. The van der Waals surface area contributed by atoms with E-state index in [2.05, 4.69) is 15.9 Å². The maximum atomic E-state index is 6.40. The first kappa shape index (κ1) is 15.9. The van der Waals surface area contributed by atoms with Crippen molar-refractivity contribution in [2.75, 3.05) is 26.4 Å². The molecular formula is C15H20BrClO3. The Morgan fingerprint density at radius 2 is 1.95 bits per heavy atom. The highest BCUT2D eigenvalue weighted by Crippen LogP contribution is 2.43. The van der Waals surface area contributed by atoms with Crippen molar-refractivity contribution >= 4 is 27.5 Å². The number of alkyl halides is 1. The van der Waals surface area contributed by atoms with Crippen molar-refractivity contribution in [1.29, 1.82) is 0 Å². The summed E-state index contributed by atoms with van der Waals surface area (Å²) in [4.78, 5) is 0.174. The van der Waals surface area contributed by atoms with Gasteiger partial charge in [0.15, 0.2) is 11.5 Å². The van der Waals surface area contributed by atoms with Crippen LogP contribution >= 0.6 is 27.5 Å². The van der Waals surface area contributed by atoms with E-state index in [0.717, 1.165) is 30.9 Å². The largest absolute Gasteiger partial charge is 0.490 e. The van der Waals surface area contributed by atoms with E-state index in [1.807, 2.05) is 26.0 Å². The average molecular weight is 364 g/mol. The maximum Gasteiger partial charge on any atom is 0.162 e. The van der Waals surface area contributed by atoms with Crippen LogP contribution in [-0.4, -0.2) is 26.4 Å². The van der Waals surface area contributed by atoms with E-state index in [-0.39, 0.29) is 4.83 Å². The second-order valence-corrected chi connectivity index (χ2v) is 6.11. The molecule has 0 N–H and O–H groups in total. The molecule has 1 aliphatic rings. The molecule has 2 rings (SSSR count). The highest BCUT2D eigenvalue weighted by atomic mass is 79.9. The van der Waals surface area contributed by atoms with Crippen molar-refractivity contribution < 1.29 is 14.2 Å². The van der Waals surface area contributed by atoms with Crippen LogP contribution in [0, 0.1) is 5.92 Å². The second-order valence-electron chi connectivity index (χ2n) is 4.71. The van der Waals surface area contributed by atoms with Crippen LogP contribution in [0.5, 0.6) is 11.5 Å². The van der Waals surface area contributed by atoms with Crippen LogP contribution in [0.1, 0.15) is 30.7 Å². The second kappa shape index (κ2) is 7.53. The van der Waals surface area contributed by atoms with Crippen LogP contribution in [-0.2, 0) is 4.74 Å². The van der Waals surface area contributed by atoms with Crippen LogP contribution in [0.15, 0.2) is 12.1 Å². The van der Waals surface area contributed by atoms with Gasteiger partial charge in [0.1, 0.15) is 0 Å². The Kier molecular flexibility index (Phi) is 6.00. The summed E-state index contributed by atoms with van der Waals surface area (Å²) in [5.74, 6) is 1.89. The summed E-state index contributed by atoms with van der Waals surface area (Å²) in [6.45, 7) is 6.68. The van der Waals surface area contributed by atoms with E-state index in [9.17, 15) is 0 Å². The van der Waals surface area contributed by atoms with Gasteiger partial charge in [0, 0.05) is 28.4 Å². The van der Waals surface area contributed by atoms with Gasteiger partial charge in [-0.15, -0.1) is 0 Å². The third-order valence-corrected chi connectivity index (χ3v) is 4.91. The molecular weight excluding hydrogens is 344 g/mol. The Hall–Kier alpha value is -0.450. The zero-order chi connectivity index (χ0) is 14.5. The lowest BCUT2D eigenvalue weighted by Gasteiger charge is -2.20. The van der Waals surface area contributed by atoms with Crippen molar-refractivity contribution in [3.63, 3.8) is 0 Å². The average Bonchev–Trinajstić information content (AvgIpc) is 2.95. The van der Waals surface area contributed by atoms with Gasteiger partial charge in [-0.3, -0.25) is 0 Å². The summed E-state index contributed by atoms with van der Waals surface area (Å²) in [6, 6.07) is 3.82. The first-order valence-corrected chi connectivity index (χ1v) is 8.27. The third kappa shape index (κ3) is 3.60. The van der Waals surface area contributed by atoms with E-state index < -0.39 is 0 Å². The summed E-state index contributed by atoms with van der Waals surface area (Å²) in [7, 11) is 0. The molecule has 0 amide bonds. The van der Waals surface area contributed by atoms with E-state index in [1.165, 1.54) is 0 Å². The van der Waals surface area contributed by atoms with Crippen molar-refractivity contribution in [1.82, 2.24) is 0 Å². The predicted molar refractivity (Wildman–Crippen MR) is 84.4 cm³/mol. The van der Waals surface area contributed by atoms with Crippen LogP contribution < -0.4 is 9.47 Å². The molecule has 112 valence electrons. The number of hydrogen-bond donors (Lipinski definition) is 0. The fourth-order valence-corrected chi connectivity index (χ4v) is 3.54. The molecule has 2 atom stereocenters. The van der Waals surface area contributed by atoms with E-state index in [1.54, 1.807) is 0 Å². The zero-order valence-corrected chi connectivity index (χ0v) is 14.2. The van der Waals surface area contributed by atoms with Crippen molar-refractivity contribution in [3.05, 3.63) is 22.7 Å². The molecule has 1 aromatic rings. The first-order chi connectivity index (χ1) is 9.67. The monoisotopic (exact) mass is 362 g/mol. The molecule has 1 aromatic carbocycles. The topological polar surface area (TPSA) is 27.7 Å². The van der Waals surface area contributed by atoms with Crippen LogP contribution in [0.2, 0.25) is 5.02 Å². The van der Waals surface area contributed by atoms with Gasteiger partial charge in [0.2, 0.25) is 0 Å². The van der Waals surface area contributed by atoms with Gasteiger partial charge < -0.3 is 14.2 Å². The summed E-state index contributed by atoms with van der Waals surface area (Å²) in [5.41, 5.74) is 1.04. The van der Waals surface area contributed by atoms with Gasteiger partial charge in [-0.1, -0.05) is 27.5 Å². The van der Waals surface area contributed by atoms with Crippen LogP contribution in [0.25, 0.3) is 0 Å². The predicted octanol–water partition coefficient (Wildman–Crippen LogP) is 4.61. The van der Waals surface area contributed by atoms with E-state index in [4.69, 9.17) is 25.8 Å². The fraction of sp³-hybridized carbons (Fsp3) is 0.600. The Labute approximate surface area is 133 Å². The number of benzene rings is 1.